The predicted molar refractivity (Wildman–Crippen MR) is 75.0 cm³/mol. The Morgan fingerprint density at radius 3 is 2.85 bits per heavy atom. The largest absolute Gasteiger partial charge is 0.497 e. The van der Waals surface area contributed by atoms with Gasteiger partial charge in [0, 0.05) is 24.2 Å². The van der Waals surface area contributed by atoms with Crippen molar-refractivity contribution >= 4 is 5.97 Å². The minimum absolute atomic E-state index is 0.0859. The van der Waals surface area contributed by atoms with E-state index in [9.17, 15) is 4.79 Å². The van der Waals surface area contributed by atoms with Gasteiger partial charge in [-0.2, -0.15) is 0 Å². The van der Waals surface area contributed by atoms with Crippen molar-refractivity contribution in [1.82, 2.24) is 5.32 Å². The molecule has 0 bridgehead atoms. The van der Waals surface area contributed by atoms with Crippen LogP contribution in [0.2, 0.25) is 0 Å². The number of benzene rings is 1. The van der Waals surface area contributed by atoms with Gasteiger partial charge >= 0.3 is 5.97 Å². The number of esters is 1. The molecule has 5 nitrogen and oxygen atoms in total. The van der Waals surface area contributed by atoms with Gasteiger partial charge in [-0.3, -0.25) is 0 Å². The summed E-state index contributed by atoms with van der Waals surface area (Å²) in [6, 6.07) is 6.26. The molecule has 0 aliphatic heterocycles. The lowest BCUT2D eigenvalue weighted by atomic mass is 10.2. The van der Waals surface area contributed by atoms with Crippen LogP contribution in [0.1, 0.15) is 25.3 Å². The van der Waals surface area contributed by atoms with Gasteiger partial charge in [0.2, 0.25) is 0 Å². The molecule has 0 aromatic heterocycles. The van der Waals surface area contributed by atoms with Gasteiger partial charge in [0.1, 0.15) is 11.5 Å². The van der Waals surface area contributed by atoms with Crippen LogP contribution in [0.3, 0.4) is 0 Å². The molecule has 0 amide bonds. The van der Waals surface area contributed by atoms with Gasteiger partial charge < -0.3 is 19.5 Å². The third-order valence-electron chi connectivity index (χ3n) is 3.08. The van der Waals surface area contributed by atoms with E-state index in [-0.39, 0.29) is 12.6 Å². The summed E-state index contributed by atoms with van der Waals surface area (Å²) in [5.74, 6) is 1.00. The first-order chi connectivity index (χ1) is 9.72. The van der Waals surface area contributed by atoms with Crippen molar-refractivity contribution in [3.8, 4) is 11.5 Å². The van der Waals surface area contributed by atoms with Crippen LogP contribution in [0, 0.1) is 0 Å². The summed E-state index contributed by atoms with van der Waals surface area (Å²) in [7, 11) is 1.60. The zero-order chi connectivity index (χ0) is 14.4. The quantitative estimate of drug-likeness (QED) is 0.736. The summed E-state index contributed by atoms with van der Waals surface area (Å²) >= 11 is 0. The Balaban J connectivity index is 1.99. The van der Waals surface area contributed by atoms with Crippen molar-refractivity contribution in [2.45, 2.75) is 32.4 Å². The van der Waals surface area contributed by atoms with Gasteiger partial charge in [-0.05, 0) is 25.8 Å². The number of carbonyl (C=O) groups is 1. The number of carbonyl (C=O) groups excluding carboxylic acids is 1. The minimum atomic E-state index is -0.364. The molecule has 1 aliphatic carbocycles. The Hall–Kier alpha value is -1.75. The van der Waals surface area contributed by atoms with Gasteiger partial charge in [0.05, 0.1) is 13.7 Å². The first-order valence-electron chi connectivity index (χ1n) is 6.91. The number of ether oxygens (including phenoxy) is 3. The summed E-state index contributed by atoms with van der Waals surface area (Å²) < 4.78 is 15.6. The first-order valence-corrected chi connectivity index (χ1v) is 6.91. The molecular weight excluding hydrogens is 258 g/mol. The van der Waals surface area contributed by atoms with Crippen LogP contribution in [-0.2, 0) is 16.1 Å². The van der Waals surface area contributed by atoms with E-state index in [4.69, 9.17) is 14.2 Å². The van der Waals surface area contributed by atoms with Crippen LogP contribution < -0.4 is 14.8 Å². The van der Waals surface area contributed by atoms with Crippen LogP contribution in [0.4, 0.5) is 0 Å². The van der Waals surface area contributed by atoms with Crippen LogP contribution >= 0.6 is 0 Å². The second kappa shape index (κ2) is 7.14. The Kier molecular flexibility index (Phi) is 5.24. The smallest absolute Gasteiger partial charge is 0.344 e. The second-order valence-electron chi connectivity index (χ2n) is 4.72. The molecule has 0 unspecified atom stereocenters. The van der Waals surface area contributed by atoms with E-state index in [1.165, 1.54) is 12.8 Å². The van der Waals surface area contributed by atoms with E-state index >= 15 is 0 Å². The van der Waals surface area contributed by atoms with Crippen molar-refractivity contribution in [3.05, 3.63) is 23.8 Å². The zero-order valence-electron chi connectivity index (χ0n) is 12.0. The number of nitrogens with one attached hydrogen (secondary N) is 1. The third kappa shape index (κ3) is 4.42. The summed E-state index contributed by atoms with van der Waals surface area (Å²) in [5, 5.41) is 3.43. The molecule has 1 fully saturated rings. The van der Waals surface area contributed by atoms with Gasteiger partial charge in [-0.25, -0.2) is 4.79 Å². The molecule has 0 atom stereocenters. The summed E-state index contributed by atoms with van der Waals surface area (Å²) in [4.78, 5) is 11.4. The fourth-order valence-corrected chi connectivity index (χ4v) is 1.82. The molecule has 1 aromatic carbocycles. The molecule has 1 saturated carbocycles. The number of rotatable bonds is 8. The van der Waals surface area contributed by atoms with Crippen molar-refractivity contribution in [2.75, 3.05) is 20.3 Å². The van der Waals surface area contributed by atoms with Gasteiger partial charge in [-0.1, -0.05) is 6.07 Å². The minimum Gasteiger partial charge on any atom is -0.497 e. The lowest BCUT2D eigenvalue weighted by Gasteiger charge is -2.13. The first kappa shape index (κ1) is 14.7. The molecule has 1 aromatic rings. The third-order valence-corrected chi connectivity index (χ3v) is 3.08. The number of hydrogen-bond donors (Lipinski definition) is 1. The van der Waals surface area contributed by atoms with Crippen molar-refractivity contribution in [3.63, 3.8) is 0 Å². The lowest BCUT2D eigenvalue weighted by molar-refractivity contribution is -0.145. The Labute approximate surface area is 119 Å². The molecule has 0 heterocycles. The molecule has 1 N–H and O–H groups in total. The average molecular weight is 279 g/mol. The van der Waals surface area contributed by atoms with E-state index in [1.807, 2.05) is 12.1 Å². The van der Waals surface area contributed by atoms with E-state index in [0.29, 0.717) is 24.1 Å². The standard InChI is InChI=1S/C15H21NO4/c1-3-19-15(17)10-20-14-8-13(18-2)7-4-11(14)9-16-12-5-6-12/h4,7-8,12,16H,3,5-6,9-10H2,1-2H3. The Bertz CT molecular complexity index is 457. The molecule has 0 saturated heterocycles. The Morgan fingerprint density at radius 1 is 1.40 bits per heavy atom. The molecule has 5 heteroatoms. The van der Waals surface area contributed by atoms with Crippen LogP contribution in [0.15, 0.2) is 18.2 Å². The molecule has 2 rings (SSSR count). The van der Waals surface area contributed by atoms with E-state index in [2.05, 4.69) is 5.32 Å². The maximum Gasteiger partial charge on any atom is 0.344 e. The van der Waals surface area contributed by atoms with Crippen LogP contribution in [0.5, 0.6) is 11.5 Å². The second-order valence-corrected chi connectivity index (χ2v) is 4.72. The fourth-order valence-electron chi connectivity index (χ4n) is 1.82. The molecule has 0 radical (unpaired) electrons. The molecule has 20 heavy (non-hydrogen) atoms. The molecule has 110 valence electrons. The highest BCUT2D eigenvalue weighted by Gasteiger charge is 2.20. The Morgan fingerprint density at radius 2 is 2.20 bits per heavy atom. The molecular formula is C15H21NO4. The summed E-state index contributed by atoms with van der Waals surface area (Å²) in [5.41, 5.74) is 1.02. The zero-order valence-corrected chi connectivity index (χ0v) is 12.0. The van der Waals surface area contributed by atoms with Crippen LogP contribution in [0.25, 0.3) is 0 Å². The fraction of sp³-hybridized carbons (Fsp3) is 0.533. The topological polar surface area (TPSA) is 56.8 Å². The summed E-state index contributed by atoms with van der Waals surface area (Å²) in [6.07, 6.45) is 2.46. The highest BCUT2D eigenvalue weighted by atomic mass is 16.6. The van der Waals surface area contributed by atoms with Crippen molar-refractivity contribution in [1.29, 1.82) is 0 Å². The van der Waals surface area contributed by atoms with Crippen molar-refractivity contribution in [2.24, 2.45) is 0 Å². The summed E-state index contributed by atoms with van der Waals surface area (Å²) in [6.45, 7) is 2.77. The highest BCUT2D eigenvalue weighted by molar-refractivity contribution is 5.71. The van der Waals surface area contributed by atoms with Gasteiger partial charge in [0.15, 0.2) is 6.61 Å². The van der Waals surface area contributed by atoms with Crippen LogP contribution in [-0.4, -0.2) is 32.3 Å². The predicted octanol–water partition coefficient (Wildman–Crippen LogP) is 1.89. The van der Waals surface area contributed by atoms with E-state index in [1.54, 1.807) is 20.1 Å². The highest BCUT2D eigenvalue weighted by Crippen LogP contribution is 2.26. The van der Waals surface area contributed by atoms with Gasteiger partial charge in [-0.15, -0.1) is 0 Å². The van der Waals surface area contributed by atoms with E-state index < -0.39 is 0 Å². The number of methoxy groups -OCH3 is 1. The monoisotopic (exact) mass is 279 g/mol. The van der Waals surface area contributed by atoms with E-state index in [0.717, 1.165) is 12.1 Å². The maximum absolute atomic E-state index is 11.4. The average Bonchev–Trinajstić information content (AvgIpc) is 3.27. The lowest BCUT2D eigenvalue weighted by Crippen LogP contribution is -2.18. The van der Waals surface area contributed by atoms with Gasteiger partial charge in [0.25, 0.3) is 0 Å². The van der Waals surface area contributed by atoms with Crippen molar-refractivity contribution < 1.29 is 19.0 Å². The number of hydrogen-bond acceptors (Lipinski definition) is 5. The molecule has 0 spiro atoms. The SMILES string of the molecule is CCOC(=O)COc1cc(OC)ccc1CNC1CC1. The maximum atomic E-state index is 11.4. The molecule has 1 aliphatic rings. The normalized spacial score (nSPS) is 13.9.